The number of nitrogens with one attached hydrogen (secondary N) is 2. The van der Waals surface area contributed by atoms with Gasteiger partial charge in [0, 0.05) is 11.7 Å². The molecule has 0 heterocycles. The highest BCUT2D eigenvalue weighted by atomic mass is 32.1. The Labute approximate surface area is 136 Å². The number of aryl methyl sites for hydroxylation is 1. The summed E-state index contributed by atoms with van der Waals surface area (Å²) in [7, 11) is 1.39. The Morgan fingerprint density at radius 3 is 2.77 bits per heavy atom. The van der Waals surface area contributed by atoms with Crippen LogP contribution in [0.4, 0.5) is 5.69 Å². The Morgan fingerprint density at radius 2 is 2.14 bits per heavy atom. The van der Waals surface area contributed by atoms with Crippen molar-refractivity contribution in [3.05, 3.63) is 29.3 Å². The van der Waals surface area contributed by atoms with E-state index in [1.807, 2.05) is 13.0 Å². The van der Waals surface area contributed by atoms with Gasteiger partial charge in [-0.05, 0) is 67.9 Å². The first-order chi connectivity index (χ1) is 10.6. The smallest absolute Gasteiger partial charge is 0.337 e. The van der Waals surface area contributed by atoms with Gasteiger partial charge in [-0.3, -0.25) is 0 Å². The van der Waals surface area contributed by atoms with E-state index in [2.05, 4.69) is 10.6 Å². The fourth-order valence-corrected chi connectivity index (χ4v) is 4.01. The molecule has 2 saturated carbocycles. The van der Waals surface area contributed by atoms with Crippen LogP contribution in [0.3, 0.4) is 0 Å². The number of hydrogen-bond acceptors (Lipinski definition) is 3. The molecule has 0 spiro atoms. The van der Waals surface area contributed by atoms with E-state index in [1.165, 1.54) is 32.8 Å². The molecule has 0 aliphatic heterocycles. The number of benzene rings is 1. The van der Waals surface area contributed by atoms with Crippen molar-refractivity contribution in [1.82, 2.24) is 5.32 Å². The molecule has 2 aliphatic carbocycles. The number of methoxy groups -OCH3 is 1. The second kappa shape index (κ2) is 6.24. The van der Waals surface area contributed by atoms with E-state index in [0.717, 1.165) is 23.1 Å². The summed E-state index contributed by atoms with van der Waals surface area (Å²) in [5.41, 5.74) is 2.42. The van der Waals surface area contributed by atoms with Crippen LogP contribution in [-0.2, 0) is 4.74 Å². The normalized spacial score (nSPS) is 25.8. The first-order valence-corrected chi connectivity index (χ1v) is 8.24. The number of rotatable bonds is 3. The fourth-order valence-electron chi connectivity index (χ4n) is 3.75. The maximum atomic E-state index is 11.6. The van der Waals surface area contributed by atoms with Gasteiger partial charge in [0.15, 0.2) is 5.11 Å². The number of fused-ring (bicyclic) bond motifs is 2. The summed E-state index contributed by atoms with van der Waals surface area (Å²) >= 11 is 5.45. The lowest BCUT2D eigenvalue weighted by Crippen LogP contribution is -2.40. The lowest BCUT2D eigenvalue weighted by atomic mass is 9.95. The molecule has 2 aliphatic rings. The van der Waals surface area contributed by atoms with Gasteiger partial charge < -0.3 is 15.4 Å². The number of esters is 1. The minimum atomic E-state index is -0.338. The van der Waals surface area contributed by atoms with Crippen LogP contribution >= 0.6 is 12.2 Å². The zero-order chi connectivity index (χ0) is 15.7. The van der Waals surface area contributed by atoms with Crippen LogP contribution in [-0.4, -0.2) is 24.2 Å². The number of hydrogen-bond donors (Lipinski definition) is 2. The lowest BCUT2D eigenvalue weighted by Gasteiger charge is -2.25. The van der Waals surface area contributed by atoms with Gasteiger partial charge >= 0.3 is 5.97 Å². The first kappa shape index (κ1) is 15.3. The molecule has 22 heavy (non-hydrogen) atoms. The molecule has 0 unspecified atom stereocenters. The van der Waals surface area contributed by atoms with E-state index < -0.39 is 0 Å². The second-order valence-corrected chi connectivity index (χ2v) is 6.81. The van der Waals surface area contributed by atoms with Gasteiger partial charge in [-0.25, -0.2) is 4.79 Å². The van der Waals surface area contributed by atoms with Crippen LogP contribution in [0.25, 0.3) is 0 Å². The molecule has 1 aromatic carbocycles. The van der Waals surface area contributed by atoms with E-state index in [-0.39, 0.29) is 5.97 Å². The average molecular weight is 318 g/mol. The molecule has 2 fully saturated rings. The zero-order valence-electron chi connectivity index (χ0n) is 13.0. The molecule has 4 nitrogen and oxygen atoms in total. The number of ether oxygens (including phenoxy) is 1. The largest absolute Gasteiger partial charge is 0.465 e. The summed E-state index contributed by atoms with van der Waals surface area (Å²) in [6.07, 6.45) is 5.27. The van der Waals surface area contributed by atoms with Gasteiger partial charge in [-0.2, -0.15) is 0 Å². The van der Waals surface area contributed by atoms with Crippen molar-refractivity contribution < 1.29 is 9.53 Å². The predicted molar refractivity (Wildman–Crippen MR) is 91.1 cm³/mol. The van der Waals surface area contributed by atoms with Crippen molar-refractivity contribution in [2.24, 2.45) is 11.8 Å². The van der Waals surface area contributed by atoms with Gasteiger partial charge in [-0.1, -0.05) is 12.5 Å². The highest BCUT2D eigenvalue weighted by Crippen LogP contribution is 2.44. The molecule has 3 rings (SSSR count). The van der Waals surface area contributed by atoms with Crippen LogP contribution in [0, 0.1) is 18.8 Å². The second-order valence-electron chi connectivity index (χ2n) is 6.40. The van der Waals surface area contributed by atoms with Crippen LogP contribution in [0.2, 0.25) is 0 Å². The standard InChI is InChI=1S/C17H22N2O2S/c1-10-3-5-13(16(20)21-2)9-14(10)18-17(22)19-15-8-11-4-6-12(15)7-11/h3,5,9,11-12,15H,4,6-8H2,1-2H3,(H2,18,19,22)/t11-,12+,15+/m0/s1. The average Bonchev–Trinajstić information content (AvgIpc) is 3.11. The molecule has 0 radical (unpaired) electrons. The van der Waals surface area contributed by atoms with Crippen LogP contribution < -0.4 is 10.6 Å². The number of anilines is 1. The Balaban J connectivity index is 1.64. The third-order valence-electron chi connectivity index (χ3n) is 4.96. The van der Waals surface area contributed by atoms with Crippen molar-refractivity contribution in [3.8, 4) is 0 Å². The molecule has 0 amide bonds. The number of carbonyl (C=O) groups is 1. The van der Waals surface area contributed by atoms with Gasteiger partial charge in [0.1, 0.15) is 0 Å². The summed E-state index contributed by atoms with van der Waals surface area (Å²) in [4.78, 5) is 11.6. The molecular weight excluding hydrogens is 296 g/mol. The zero-order valence-corrected chi connectivity index (χ0v) is 13.8. The van der Waals surface area contributed by atoms with E-state index in [9.17, 15) is 4.79 Å². The van der Waals surface area contributed by atoms with Gasteiger partial charge in [0.25, 0.3) is 0 Å². The summed E-state index contributed by atoms with van der Waals surface area (Å²) in [6, 6.07) is 5.95. The fraction of sp³-hybridized carbons (Fsp3) is 0.529. The van der Waals surface area contributed by atoms with Crippen molar-refractivity contribution in [2.45, 2.75) is 38.6 Å². The number of thiocarbonyl (C=S) groups is 1. The summed E-state index contributed by atoms with van der Waals surface area (Å²) in [5.74, 6) is 1.32. The number of carbonyl (C=O) groups excluding carboxylic acids is 1. The van der Waals surface area contributed by atoms with Gasteiger partial charge in [-0.15, -0.1) is 0 Å². The SMILES string of the molecule is COC(=O)c1ccc(C)c(NC(=S)N[C@@H]2C[C@H]3CC[C@@H]2C3)c1. The topological polar surface area (TPSA) is 50.4 Å². The van der Waals surface area contributed by atoms with Crippen LogP contribution in [0.1, 0.15) is 41.6 Å². The molecule has 1 aromatic rings. The minimum absolute atomic E-state index is 0.338. The quantitative estimate of drug-likeness (QED) is 0.662. The Morgan fingerprint density at radius 1 is 1.32 bits per heavy atom. The summed E-state index contributed by atoms with van der Waals surface area (Å²) in [6.45, 7) is 1.99. The summed E-state index contributed by atoms with van der Waals surface area (Å²) < 4.78 is 4.76. The lowest BCUT2D eigenvalue weighted by molar-refractivity contribution is 0.0601. The molecular formula is C17H22N2O2S. The Hall–Kier alpha value is -1.62. The Kier molecular flexibility index (Phi) is 4.34. The molecule has 0 saturated heterocycles. The minimum Gasteiger partial charge on any atom is -0.465 e. The van der Waals surface area contributed by atoms with E-state index in [0.29, 0.717) is 16.7 Å². The van der Waals surface area contributed by atoms with E-state index in [1.54, 1.807) is 12.1 Å². The highest BCUT2D eigenvalue weighted by molar-refractivity contribution is 7.80. The maximum Gasteiger partial charge on any atom is 0.337 e. The van der Waals surface area contributed by atoms with Crippen LogP contribution in [0.5, 0.6) is 0 Å². The first-order valence-electron chi connectivity index (χ1n) is 7.83. The Bertz CT molecular complexity index is 602. The van der Waals surface area contributed by atoms with E-state index >= 15 is 0 Å². The van der Waals surface area contributed by atoms with Crippen molar-refractivity contribution in [1.29, 1.82) is 0 Å². The van der Waals surface area contributed by atoms with E-state index in [4.69, 9.17) is 17.0 Å². The van der Waals surface area contributed by atoms with Crippen molar-refractivity contribution in [2.75, 3.05) is 12.4 Å². The van der Waals surface area contributed by atoms with Gasteiger partial charge in [0.05, 0.1) is 12.7 Å². The molecule has 118 valence electrons. The third-order valence-corrected chi connectivity index (χ3v) is 5.18. The third kappa shape index (κ3) is 3.09. The maximum absolute atomic E-state index is 11.6. The summed E-state index contributed by atoms with van der Waals surface area (Å²) in [5, 5.41) is 7.32. The molecule has 2 N–H and O–H groups in total. The van der Waals surface area contributed by atoms with Crippen molar-refractivity contribution in [3.63, 3.8) is 0 Å². The monoisotopic (exact) mass is 318 g/mol. The van der Waals surface area contributed by atoms with Crippen molar-refractivity contribution >= 4 is 29.0 Å². The molecule has 3 atom stereocenters. The van der Waals surface area contributed by atoms with Gasteiger partial charge in [0.2, 0.25) is 0 Å². The predicted octanol–water partition coefficient (Wildman–Crippen LogP) is 3.26. The molecule has 0 aromatic heterocycles. The molecule has 5 heteroatoms. The van der Waals surface area contributed by atoms with Crippen LogP contribution in [0.15, 0.2) is 18.2 Å². The molecule has 2 bridgehead atoms. The highest BCUT2D eigenvalue weighted by Gasteiger charge is 2.39.